The maximum Gasteiger partial charge on any atom is 0.147 e. The van der Waals surface area contributed by atoms with Crippen LogP contribution in [-0.4, -0.2) is 8.58 Å². The van der Waals surface area contributed by atoms with Crippen LogP contribution in [0.5, 0.6) is 0 Å². The molecule has 1 atom stereocenters. The molecule has 0 N–H and O–H groups in total. The molecular formula is C15H12FIN2. The summed E-state index contributed by atoms with van der Waals surface area (Å²) in [5.74, 6) is -0.342. The van der Waals surface area contributed by atoms with Gasteiger partial charge in [0.25, 0.3) is 0 Å². The molecule has 1 aliphatic rings. The third-order valence-electron chi connectivity index (χ3n) is 3.32. The molecule has 3 rings (SSSR count). The Bertz CT molecular complexity index is 712. The largest absolute Gasteiger partial charge is 0.317 e. The molecule has 0 fully saturated rings. The van der Waals surface area contributed by atoms with Crippen LogP contribution in [0.3, 0.4) is 0 Å². The Labute approximate surface area is 121 Å². The molecule has 2 nitrogen and oxygen atoms in total. The number of hydrogen-bond acceptors (Lipinski definition) is 1. The lowest BCUT2D eigenvalue weighted by atomic mass is 10.1. The smallest absolute Gasteiger partial charge is 0.147 e. The van der Waals surface area contributed by atoms with E-state index in [4.69, 9.17) is 0 Å². The van der Waals surface area contributed by atoms with Crippen LogP contribution in [0.1, 0.15) is 26.4 Å². The maximum atomic E-state index is 14.4. The Balaban J connectivity index is 2.23. The van der Waals surface area contributed by atoms with Gasteiger partial charge in [0.1, 0.15) is 17.4 Å². The van der Waals surface area contributed by atoms with Crippen molar-refractivity contribution in [3.63, 3.8) is 0 Å². The number of nitrogens with zero attached hydrogens (tertiary/aromatic N) is 2. The zero-order valence-electron chi connectivity index (χ0n) is 10.6. The molecule has 1 aromatic carbocycles. The molecule has 0 saturated heterocycles. The first kappa shape index (κ1) is 12.5. The van der Waals surface area contributed by atoms with Gasteiger partial charge in [-0.25, -0.2) is 4.39 Å². The second-order valence-electron chi connectivity index (χ2n) is 4.58. The van der Waals surface area contributed by atoms with Gasteiger partial charge in [-0.1, -0.05) is 6.07 Å². The minimum atomic E-state index is -0.342. The van der Waals surface area contributed by atoms with Gasteiger partial charge in [-0.15, -0.1) is 20.7 Å². The fourth-order valence-electron chi connectivity index (χ4n) is 2.31. The van der Waals surface area contributed by atoms with Gasteiger partial charge in [0.05, 0.1) is 9.61 Å². The highest BCUT2D eigenvalue weighted by molar-refractivity contribution is 14.2. The van der Waals surface area contributed by atoms with Gasteiger partial charge >= 0.3 is 0 Å². The van der Waals surface area contributed by atoms with E-state index in [0.29, 0.717) is 15.2 Å². The molecule has 0 amide bonds. The van der Waals surface area contributed by atoms with Gasteiger partial charge in [-0.2, -0.15) is 5.26 Å². The molecule has 19 heavy (non-hydrogen) atoms. The number of benzene rings is 1. The lowest BCUT2D eigenvalue weighted by Gasteiger charge is -2.13. The maximum absolute atomic E-state index is 14.4. The average molecular weight is 366 g/mol. The van der Waals surface area contributed by atoms with Gasteiger partial charge in [0.15, 0.2) is 0 Å². The van der Waals surface area contributed by atoms with Gasteiger partial charge in [0, 0.05) is 17.0 Å². The SMILES string of the molecule is Cc1ccc(C)n1-c1ccc(C2C=I2)c(F)c1C#N. The molecular weight excluding hydrogens is 354 g/mol. The van der Waals surface area contributed by atoms with E-state index in [1.165, 1.54) is 0 Å². The van der Waals surface area contributed by atoms with Crippen molar-refractivity contribution in [2.75, 3.05) is 0 Å². The zero-order valence-corrected chi connectivity index (χ0v) is 12.8. The summed E-state index contributed by atoms with van der Waals surface area (Å²) in [4.78, 5) is 0. The predicted molar refractivity (Wildman–Crippen MR) is 82.7 cm³/mol. The third-order valence-corrected chi connectivity index (χ3v) is 5.43. The molecule has 0 radical (unpaired) electrons. The van der Waals surface area contributed by atoms with Crippen molar-refractivity contribution in [3.8, 4) is 11.8 Å². The van der Waals surface area contributed by atoms with E-state index in [0.717, 1.165) is 11.4 Å². The van der Waals surface area contributed by atoms with E-state index in [9.17, 15) is 9.65 Å². The number of halogens is 2. The first-order valence-electron chi connectivity index (χ1n) is 5.96. The highest BCUT2D eigenvalue weighted by Gasteiger charge is 2.23. The van der Waals surface area contributed by atoms with Gasteiger partial charge < -0.3 is 4.57 Å². The minimum absolute atomic E-state index is 0.0109. The Hall–Kier alpha value is -1.48. The van der Waals surface area contributed by atoms with Crippen molar-refractivity contribution < 1.29 is 4.39 Å². The van der Waals surface area contributed by atoms with Gasteiger partial charge in [-0.05, 0) is 36.1 Å². The number of aryl methyl sites for hydroxylation is 2. The fraction of sp³-hybridized carbons (Fsp3) is 0.200. The van der Waals surface area contributed by atoms with Gasteiger partial charge in [-0.3, -0.25) is 0 Å². The highest BCUT2D eigenvalue weighted by Crippen LogP contribution is 2.42. The van der Waals surface area contributed by atoms with Crippen molar-refractivity contribution in [3.05, 3.63) is 52.6 Å². The van der Waals surface area contributed by atoms with Crippen LogP contribution in [0.2, 0.25) is 0 Å². The van der Waals surface area contributed by atoms with E-state index < -0.39 is 0 Å². The van der Waals surface area contributed by atoms with E-state index in [1.807, 2.05) is 48.7 Å². The van der Waals surface area contributed by atoms with Crippen LogP contribution in [-0.2, 0) is 0 Å². The number of nitriles is 1. The topological polar surface area (TPSA) is 28.7 Å². The van der Waals surface area contributed by atoms with Crippen LogP contribution in [0.25, 0.3) is 5.69 Å². The van der Waals surface area contributed by atoms with E-state index in [-0.39, 0.29) is 32.1 Å². The molecule has 0 saturated carbocycles. The summed E-state index contributed by atoms with van der Waals surface area (Å²) < 4.78 is 18.8. The minimum Gasteiger partial charge on any atom is -0.317 e. The summed E-state index contributed by atoms with van der Waals surface area (Å²) in [6.07, 6.45) is 0. The van der Waals surface area contributed by atoms with Crippen LogP contribution < -0.4 is 0 Å². The van der Waals surface area contributed by atoms with E-state index >= 15 is 0 Å². The predicted octanol–water partition coefficient (Wildman–Crippen LogP) is 3.93. The summed E-state index contributed by atoms with van der Waals surface area (Å²) in [6, 6.07) is 9.68. The zero-order chi connectivity index (χ0) is 13.6. The van der Waals surface area contributed by atoms with E-state index in [2.05, 4.69) is 4.01 Å². The van der Waals surface area contributed by atoms with Crippen molar-refractivity contribution >= 4 is 24.7 Å². The van der Waals surface area contributed by atoms with Crippen molar-refractivity contribution in [1.82, 2.24) is 4.57 Å². The third kappa shape index (κ3) is 2.02. The van der Waals surface area contributed by atoms with Crippen molar-refractivity contribution in [2.45, 2.75) is 17.8 Å². The second kappa shape index (κ2) is 4.57. The molecule has 96 valence electrons. The fourth-order valence-corrected chi connectivity index (χ4v) is 3.77. The molecule has 1 unspecified atom stereocenters. The Morgan fingerprint density at radius 2 is 1.84 bits per heavy atom. The molecule has 0 aliphatic carbocycles. The van der Waals surface area contributed by atoms with Crippen LogP contribution in [0, 0.1) is 31.0 Å². The average Bonchev–Trinajstić information content (AvgIpc) is 3.16. The first-order valence-corrected chi connectivity index (χ1v) is 8.45. The van der Waals surface area contributed by atoms with Gasteiger partial charge in [0.2, 0.25) is 0 Å². The molecule has 4 heteroatoms. The molecule has 2 aromatic rings. The molecule has 1 aromatic heterocycles. The van der Waals surface area contributed by atoms with Crippen LogP contribution in [0.4, 0.5) is 4.39 Å². The Morgan fingerprint density at radius 3 is 2.37 bits per heavy atom. The second-order valence-corrected chi connectivity index (χ2v) is 7.36. The lowest BCUT2D eigenvalue weighted by molar-refractivity contribution is 0.611. The Kier molecular flexibility index (Phi) is 3.02. The number of aromatic nitrogens is 1. The number of alkyl halides is 1. The molecule has 0 spiro atoms. The van der Waals surface area contributed by atoms with Crippen molar-refractivity contribution in [2.24, 2.45) is 0 Å². The van der Waals surface area contributed by atoms with E-state index in [1.54, 1.807) is 0 Å². The van der Waals surface area contributed by atoms with Crippen LogP contribution >= 0.6 is 20.7 Å². The monoisotopic (exact) mass is 366 g/mol. The first-order chi connectivity index (χ1) is 9.13. The molecule has 2 heterocycles. The summed E-state index contributed by atoms with van der Waals surface area (Å²) in [7, 11) is 0. The number of hydrogen-bond donors (Lipinski definition) is 0. The molecule has 1 aliphatic heterocycles. The normalized spacial score (nSPS) is 16.8. The molecule has 0 bridgehead atoms. The Morgan fingerprint density at radius 1 is 1.21 bits per heavy atom. The summed E-state index contributed by atoms with van der Waals surface area (Å²) in [6.45, 7) is 3.92. The highest BCUT2D eigenvalue weighted by atomic mass is 127. The van der Waals surface area contributed by atoms with Crippen LogP contribution in [0.15, 0.2) is 24.3 Å². The summed E-state index contributed by atoms with van der Waals surface area (Å²) in [5.41, 5.74) is 3.50. The number of rotatable bonds is 2. The summed E-state index contributed by atoms with van der Waals surface area (Å²) >= 11 is 0.0109. The van der Waals surface area contributed by atoms with Crippen molar-refractivity contribution in [1.29, 1.82) is 5.26 Å². The lowest BCUT2D eigenvalue weighted by Crippen LogP contribution is -2.05. The summed E-state index contributed by atoms with van der Waals surface area (Å²) in [5, 5.41) is 9.30. The standard InChI is InChI=1S/C15H12FIN2/c1-9-3-4-10(2)19(9)14-6-5-11(13-7-17-13)15(16)12(14)8-18/h3-7,13H,1-2H3. The quantitative estimate of drug-likeness (QED) is 0.585.